The third-order valence-electron chi connectivity index (χ3n) is 2.72. The van der Waals surface area contributed by atoms with Gasteiger partial charge in [0.1, 0.15) is 6.29 Å². The molecule has 0 fully saturated rings. The number of hydrogen-bond acceptors (Lipinski definition) is 2. The van der Waals surface area contributed by atoms with Gasteiger partial charge in [-0.05, 0) is 36.4 Å². The molecule has 18 heavy (non-hydrogen) atoms. The number of aldehydes is 1. The average molecular weight is 260 g/mol. The lowest BCUT2D eigenvalue weighted by Crippen LogP contribution is -2.19. The first kappa shape index (κ1) is 12.7. The molecule has 0 aromatic heterocycles. The number of halogens is 1. The lowest BCUT2D eigenvalue weighted by Gasteiger charge is -2.24. The van der Waals surface area contributed by atoms with Gasteiger partial charge in [0, 0.05) is 29.4 Å². The summed E-state index contributed by atoms with van der Waals surface area (Å²) in [6.07, 6.45) is 0.845. The van der Waals surface area contributed by atoms with Crippen molar-refractivity contribution < 1.29 is 4.79 Å². The molecule has 2 rings (SSSR count). The molecule has 2 aromatic rings. The Morgan fingerprint density at radius 1 is 0.944 bits per heavy atom. The van der Waals surface area contributed by atoms with Gasteiger partial charge in [-0.3, -0.25) is 4.79 Å². The molecular formula is C15H14ClNO. The average Bonchev–Trinajstić information content (AvgIpc) is 2.46. The predicted octanol–water partition coefficient (Wildman–Crippen LogP) is 3.88. The standard InChI is InChI=1S/C15H14ClNO/c16-10-11-17(14-4-2-1-3-5-14)15-8-6-13(12-18)7-9-15/h1-9,12H,10-11H2. The number of benzene rings is 2. The zero-order chi connectivity index (χ0) is 12.8. The van der Waals surface area contributed by atoms with E-state index >= 15 is 0 Å². The van der Waals surface area contributed by atoms with Crippen molar-refractivity contribution in [2.45, 2.75) is 0 Å². The van der Waals surface area contributed by atoms with Gasteiger partial charge < -0.3 is 4.90 Å². The molecule has 2 nitrogen and oxygen atoms in total. The van der Waals surface area contributed by atoms with E-state index in [9.17, 15) is 4.79 Å². The quantitative estimate of drug-likeness (QED) is 0.600. The number of carbonyl (C=O) groups excluding carboxylic acids is 1. The van der Waals surface area contributed by atoms with Gasteiger partial charge in [0.05, 0.1) is 0 Å². The third-order valence-corrected chi connectivity index (χ3v) is 2.89. The molecular weight excluding hydrogens is 246 g/mol. The monoisotopic (exact) mass is 259 g/mol. The van der Waals surface area contributed by atoms with Gasteiger partial charge in [-0.1, -0.05) is 18.2 Å². The molecule has 2 aromatic carbocycles. The van der Waals surface area contributed by atoms with E-state index in [-0.39, 0.29) is 0 Å². The molecule has 0 spiro atoms. The fourth-order valence-electron chi connectivity index (χ4n) is 1.83. The van der Waals surface area contributed by atoms with Crippen LogP contribution in [0.5, 0.6) is 0 Å². The molecule has 0 aliphatic carbocycles. The van der Waals surface area contributed by atoms with Gasteiger partial charge >= 0.3 is 0 Å². The molecule has 0 bridgehead atoms. The maximum Gasteiger partial charge on any atom is 0.150 e. The highest BCUT2D eigenvalue weighted by atomic mass is 35.5. The summed E-state index contributed by atoms with van der Waals surface area (Å²) >= 11 is 5.86. The molecule has 0 saturated heterocycles. The van der Waals surface area contributed by atoms with Crippen LogP contribution in [0, 0.1) is 0 Å². The second-order valence-corrected chi connectivity index (χ2v) is 4.26. The van der Waals surface area contributed by atoms with Crippen LogP contribution < -0.4 is 4.90 Å². The second kappa shape index (κ2) is 6.22. The molecule has 0 radical (unpaired) electrons. The predicted molar refractivity (Wildman–Crippen MR) is 76.0 cm³/mol. The van der Waals surface area contributed by atoms with Gasteiger partial charge in [0.2, 0.25) is 0 Å². The summed E-state index contributed by atoms with van der Waals surface area (Å²) in [6.45, 7) is 0.728. The Hall–Kier alpha value is -1.80. The number of carbonyl (C=O) groups is 1. The van der Waals surface area contributed by atoms with E-state index in [1.54, 1.807) is 0 Å². The van der Waals surface area contributed by atoms with Crippen molar-refractivity contribution in [1.82, 2.24) is 0 Å². The zero-order valence-electron chi connectivity index (χ0n) is 9.92. The van der Waals surface area contributed by atoms with E-state index in [4.69, 9.17) is 11.6 Å². The Kier molecular flexibility index (Phi) is 4.37. The van der Waals surface area contributed by atoms with Crippen LogP contribution in [-0.4, -0.2) is 18.7 Å². The van der Waals surface area contributed by atoms with Crippen molar-refractivity contribution in [2.24, 2.45) is 0 Å². The summed E-state index contributed by atoms with van der Waals surface area (Å²) in [5, 5.41) is 0. The Morgan fingerprint density at radius 2 is 1.56 bits per heavy atom. The summed E-state index contributed by atoms with van der Waals surface area (Å²) < 4.78 is 0. The molecule has 3 heteroatoms. The molecule has 0 atom stereocenters. The fraction of sp³-hybridized carbons (Fsp3) is 0.133. The van der Waals surface area contributed by atoms with Crippen molar-refractivity contribution in [2.75, 3.05) is 17.3 Å². The molecule has 92 valence electrons. The minimum absolute atomic E-state index is 0.546. The first-order chi connectivity index (χ1) is 8.85. The fourth-order valence-corrected chi connectivity index (χ4v) is 2.00. The van der Waals surface area contributed by atoms with Crippen LogP contribution in [0.4, 0.5) is 11.4 Å². The van der Waals surface area contributed by atoms with Gasteiger partial charge in [-0.15, -0.1) is 11.6 Å². The normalized spacial score (nSPS) is 10.1. The van der Waals surface area contributed by atoms with Crippen LogP contribution in [0.1, 0.15) is 10.4 Å². The highest BCUT2D eigenvalue weighted by molar-refractivity contribution is 6.18. The summed E-state index contributed by atoms with van der Waals surface area (Å²) in [7, 11) is 0. The smallest absolute Gasteiger partial charge is 0.150 e. The molecule has 0 aliphatic heterocycles. The minimum atomic E-state index is 0.546. The lowest BCUT2D eigenvalue weighted by molar-refractivity contribution is 0.112. The van der Waals surface area contributed by atoms with Gasteiger partial charge in [-0.2, -0.15) is 0 Å². The van der Waals surface area contributed by atoms with Crippen molar-refractivity contribution in [3.8, 4) is 0 Å². The van der Waals surface area contributed by atoms with E-state index in [0.29, 0.717) is 11.4 Å². The highest BCUT2D eigenvalue weighted by Crippen LogP contribution is 2.24. The van der Waals surface area contributed by atoms with E-state index in [1.165, 1.54) is 0 Å². The molecule has 0 saturated carbocycles. The van der Waals surface area contributed by atoms with Crippen LogP contribution in [0.15, 0.2) is 54.6 Å². The minimum Gasteiger partial charge on any atom is -0.340 e. The summed E-state index contributed by atoms with van der Waals surface area (Å²) in [6, 6.07) is 17.6. The number of rotatable bonds is 5. The SMILES string of the molecule is O=Cc1ccc(N(CCCl)c2ccccc2)cc1. The van der Waals surface area contributed by atoms with Gasteiger partial charge in [-0.25, -0.2) is 0 Å². The molecule has 0 unspecified atom stereocenters. The number of anilines is 2. The zero-order valence-corrected chi connectivity index (χ0v) is 10.7. The van der Waals surface area contributed by atoms with Crippen LogP contribution in [-0.2, 0) is 0 Å². The third kappa shape index (κ3) is 2.90. The van der Waals surface area contributed by atoms with Crippen molar-refractivity contribution in [3.63, 3.8) is 0 Å². The van der Waals surface area contributed by atoms with Crippen molar-refractivity contribution in [3.05, 3.63) is 60.2 Å². The van der Waals surface area contributed by atoms with Crippen molar-refractivity contribution >= 4 is 29.3 Å². The molecule has 0 amide bonds. The summed E-state index contributed by atoms with van der Waals surface area (Å²) in [4.78, 5) is 12.8. The molecule has 0 N–H and O–H groups in total. The van der Waals surface area contributed by atoms with Crippen LogP contribution in [0.2, 0.25) is 0 Å². The Bertz CT molecular complexity index is 496. The maximum atomic E-state index is 10.6. The number of nitrogens with zero attached hydrogens (tertiary/aromatic N) is 1. The summed E-state index contributed by atoms with van der Waals surface area (Å²) in [5.41, 5.74) is 2.81. The van der Waals surface area contributed by atoms with E-state index in [1.807, 2.05) is 54.6 Å². The van der Waals surface area contributed by atoms with Gasteiger partial charge in [0.15, 0.2) is 0 Å². The van der Waals surface area contributed by atoms with E-state index < -0.39 is 0 Å². The van der Waals surface area contributed by atoms with Crippen LogP contribution in [0.3, 0.4) is 0 Å². The van der Waals surface area contributed by atoms with Crippen LogP contribution >= 0.6 is 11.6 Å². The van der Waals surface area contributed by atoms with Gasteiger partial charge in [0.25, 0.3) is 0 Å². The Balaban J connectivity index is 2.32. The van der Waals surface area contributed by atoms with Crippen molar-refractivity contribution in [1.29, 1.82) is 0 Å². The first-order valence-electron chi connectivity index (χ1n) is 5.79. The van der Waals surface area contributed by atoms with Crippen LogP contribution in [0.25, 0.3) is 0 Å². The lowest BCUT2D eigenvalue weighted by atomic mass is 10.2. The molecule has 0 aliphatic rings. The number of hydrogen-bond donors (Lipinski definition) is 0. The Labute approximate surface area is 112 Å². The van der Waals surface area contributed by atoms with E-state index in [2.05, 4.69) is 4.90 Å². The number of para-hydroxylation sites is 1. The topological polar surface area (TPSA) is 20.3 Å². The molecule has 0 heterocycles. The maximum absolute atomic E-state index is 10.6. The number of alkyl halides is 1. The highest BCUT2D eigenvalue weighted by Gasteiger charge is 2.07. The first-order valence-corrected chi connectivity index (χ1v) is 6.32. The second-order valence-electron chi connectivity index (χ2n) is 3.89. The van der Waals surface area contributed by atoms with E-state index in [0.717, 1.165) is 24.2 Å². The summed E-state index contributed by atoms with van der Waals surface area (Å²) in [5.74, 6) is 0.546. The Morgan fingerprint density at radius 3 is 2.11 bits per heavy atom. The largest absolute Gasteiger partial charge is 0.340 e.